The average Bonchev–Trinajstić information content (AvgIpc) is 2.14. The summed E-state index contributed by atoms with van der Waals surface area (Å²) in [5.41, 5.74) is 3.87. The third kappa shape index (κ3) is 2.10. The molecular weight excluding hydrogens is 223 g/mol. The first-order chi connectivity index (χ1) is 7.29. The predicted octanol–water partition coefficient (Wildman–Crippen LogP) is 2.50. The Hall–Kier alpha value is -1.72. The van der Waals surface area contributed by atoms with Gasteiger partial charge in [0.05, 0.1) is 23.9 Å². The molecular formula is C10H10F3NO2. The molecule has 1 aromatic rings. The van der Waals surface area contributed by atoms with Crippen LogP contribution in [-0.2, 0) is 6.18 Å². The van der Waals surface area contributed by atoms with Crippen LogP contribution in [0.1, 0.15) is 22.8 Å². The highest BCUT2D eigenvalue weighted by atomic mass is 19.4. The molecule has 0 aliphatic rings. The summed E-state index contributed by atoms with van der Waals surface area (Å²) in [5, 5.41) is 0. The zero-order valence-corrected chi connectivity index (χ0v) is 8.68. The summed E-state index contributed by atoms with van der Waals surface area (Å²) in [6.07, 6.45) is -4.61. The largest absolute Gasteiger partial charge is 0.494 e. The van der Waals surface area contributed by atoms with Crippen LogP contribution in [0, 0.1) is 0 Å². The van der Waals surface area contributed by atoms with Gasteiger partial charge in [-0.25, -0.2) is 0 Å². The molecule has 0 bridgehead atoms. The number of nitrogens with two attached hydrogens (primary N) is 1. The van der Waals surface area contributed by atoms with Gasteiger partial charge in [-0.1, -0.05) is 0 Å². The van der Waals surface area contributed by atoms with Crippen molar-refractivity contribution in [2.45, 2.75) is 13.1 Å². The fourth-order valence-corrected chi connectivity index (χ4v) is 1.40. The van der Waals surface area contributed by atoms with Crippen LogP contribution < -0.4 is 10.5 Å². The van der Waals surface area contributed by atoms with E-state index in [0.29, 0.717) is 0 Å². The summed E-state index contributed by atoms with van der Waals surface area (Å²) in [7, 11) is 1.16. The number of benzene rings is 1. The van der Waals surface area contributed by atoms with E-state index >= 15 is 0 Å². The van der Waals surface area contributed by atoms with Crippen molar-refractivity contribution in [1.29, 1.82) is 0 Å². The van der Waals surface area contributed by atoms with Crippen molar-refractivity contribution in [3.05, 3.63) is 23.3 Å². The van der Waals surface area contributed by atoms with Gasteiger partial charge >= 0.3 is 6.18 Å². The predicted molar refractivity (Wildman–Crippen MR) is 52.4 cm³/mol. The Morgan fingerprint density at radius 2 is 1.94 bits per heavy atom. The number of methoxy groups -OCH3 is 1. The van der Waals surface area contributed by atoms with Crippen molar-refractivity contribution in [2.24, 2.45) is 0 Å². The first-order valence-electron chi connectivity index (χ1n) is 4.33. The zero-order valence-electron chi connectivity index (χ0n) is 8.68. The van der Waals surface area contributed by atoms with Crippen molar-refractivity contribution in [2.75, 3.05) is 12.8 Å². The first-order valence-corrected chi connectivity index (χ1v) is 4.33. The second-order valence-electron chi connectivity index (χ2n) is 3.16. The number of carbonyl (C=O) groups is 1. The summed E-state index contributed by atoms with van der Waals surface area (Å²) in [5.74, 6) is -0.973. The summed E-state index contributed by atoms with van der Waals surface area (Å²) in [4.78, 5) is 11.2. The quantitative estimate of drug-likeness (QED) is 0.630. The minimum Gasteiger partial charge on any atom is -0.494 e. The molecule has 0 atom stereocenters. The smallest absolute Gasteiger partial charge is 0.417 e. The number of hydrogen-bond acceptors (Lipinski definition) is 3. The van der Waals surface area contributed by atoms with Crippen LogP contribution in [0.3, 0.4) is 0 Å². The van der Waals surface area contributed by atoms with Gasteiger partial charge in [-0.15, -0.1) is 0 Å². The lowest BCUT2D eigenvalue weighted by molar-refractivity contribution is -0.138. The van der Waals surface area contributed by atoms with Gasteiger partial charge in [0.15, 0.2) is 11.5 Å². The molecule has 0 spiro atoms. The fourth-order valence-electron chi connectivity index (χ4n) is 1.40. The monoisotopic (exact) mass is 233 g/mol. The zero-order chi connectivity index (χ0) is 12.5. The van der Waals surface area contributed by atoms with E-state index in [0.717, 1.165) is 26.2 Å². The first kappa shape index (κ1) is 12.4. The van der Waals surface area contributed by atoms with Gasteiger partial charge in [0.2, 0.25) is 0 Å². The van der Waals surface area contributed by atoms with Gasteiger partial charge in [0.1, 0.15) is 0 Å². The Morgan fingerprint density at radius 3 is 2.31 bits per heavy atom. The molecule has 88 valence electrons. The summed E-state index contributed by atoms with van der Waals surface area (Å²) in [6.45, 7) is 1.03. The van der Waals surface area contributed by atoms with E-state index in [4.69, 9.17) is 10.5 Å². The molecule has 0 aromatic heterocycles. The van der Waals surface area contributed by atoms with Crippen LogP contribution in [0.4, 0.5) is 18.9 Å². The van der Waals surface area contributed by atoms with E-state index in [1.165, 1.54) is 0 Å². The highest BCUT2D eigenvalue weighted by Gasteiger charge is 2.36. The Balaban J connectivity index is 3.58. The molecule has 3 nitrogen and oxygen atoms in total. The number of nitrogen functional groups attached to an aromatic ring is 1. The van der Waals surface area contributed by atoms with Gasteiger partial charge in [0, 0.05) is 0 Å². The van der Waals surface area contributed by atoms with E-state index in [2.05, 4.69) is 0 Å². The number of anilines is 1. The Bertz CT molecular complexity index is 427. The molecule has 2 N–H and O–H groups in total. The lowest BCUT2D eigenvalue weighted by Crippen LogP contribution is -2.14. The normalized spacial score (nSPS) is 11.3. The van der Waals surface area contributed by atoms with E-state index in [9.17, 15) is 18.0 Å². The topological polar surface area (TPSA) is 52.3 Å². The number of hydrogen-bond donors (Lipinski definition) is 1. The molecule has 0 fully saturated rings. The van der Waals surface area contributed by atoms with E-state index in [-0.39, 0.29) is 11.4 Å². The van der Waals surface area contributed by atoms with Gasteiger partial charge in [-0.05, 0) is 19.1 Å². The Labute approximate surface area is 90.0 Å². The Morgan fingerprint density at radius 1 is 1.38 bits per heavy atom. The molecule has 16 heavy (non-hydrogen) atoms. The molecule has 0 saturated carbocycles. The molecule has 0 heterocycles. The van der Waals surface area contributed by atoms with Crippen molar-refractivity contribution < 1.29 is 22.7 Å². The third-order valence-corrected chi connectivity index (χ3v) is 2.05. The number of Topliss-reactive ketones (excluding diaryl/α,β-unsaturated/α-hetero) is 1. The van der Waals surface area contributed by atoms with Gasteiger partial charge < -0.3 is 10.5 Å². The van der Waals surface area contributed by atoms with Gasteiger partial charge in [0.25, 0.3) is 0 Å². The fraction of sp³-hybridized carbons (Fsp3) is 0.300. The van der Waals surface area contributed by atoms with Crippen molar-refractivity contribution in [3.8, 4) is 5.75 Å². The summed E-state index contributed by atoms with van der Waals surface area (Å²) >= 11 is 0. The van der Waals surface area contributed by atoms with E-state index < -0.39 is 23.1 Å². The van der Waals surface area contributed by atoms with Crippen molar-refractivity contribution >= 4 is 11.5 Å². The van der Waals surface area contributed by atoms with Crippen LogP contribution in [0.5, 0.6) is 5.75 Å². The molecule has 0 saturated heterocycles. The van der Waals surface area contributed by atoms with Crippen LogP contribution in [0.25, 0.3) is 0 Å². The summed E-state index contributed by atoms with van der Waals surface area (Å²) < 4.78 is 42.6. The Kier molecular flexibility index (Phi) is 3.11. The molecule has 6 heteroatoms. The number of rotatable bonds is 2. The number of halogens is 3. The van der Waals surface area contributed by atoms with Crippen LogP contribution in [0.2, 0.25) is 0 Å². The van der Waals surface area contributed by atoms with Crippen molar-refractivity contribution in [3.63, 3.8) is 0 Å². The highest BCUT2D eigenvalue weighted by molar-refractivity contribution is 6.00. The molecule has 0 aliphatic carbocycles. The number of ketones is 1. The minimum absolute atomic E-state index is 0.000648. The average molecular weight is 233 g/mol. The lowest BCUT2D eigenvalue weighted by atomic mass is 10.0. The SMILES string of the molecule is COc1c(N)ccc(C(F)(F)F)c1C(C)=O. The maximum Gasteiger partial charge on any atom is 0.417 e. The van der Waals surface area contributed by atoms with Crippen LogP contribution >= 0.6 is 0 Å². The molecule has 0 radical (unpaired) electrons. The van der Waals surface area contributed by atoms with Crippen LogP contribution in [-0.4, -0.2) is 12.9 Å². The highest BCUT2D eigenvalue weighted by Crippen LogP contribution is 2.38. The second kappa shape index (κ2) is 4.03. The van der Waals surface area contributed by atoms with Gasteiger partial charge in [-0.3, -0.25) is 4.79 Å². The number of alkyl halides is 3. The third-order valence-electron chi connectivity index (χ3n) is 2.05. The number of carbonyl (C=O) groups excluding carboxylic acids is 1. The molecule has 0 amide bonds. The van der Waals surface area contributed by atoms with E-state index in [1.807, 2.05) is 0 Å². The standard InChI is InChI=1S/C10H10F3NO2/c1-5(15)8-6(10(11,12)13)3-4-7(14)9(8)16-2/h3-4H,14H2,1-2H3. The molecule has 1 rings (SSSR count). The van der Waals surface area contributed by atoms with Crippen LogP contribution in [0.15, 0.2) is 12.1 Å². The van der Waals surface area contributed by atoms with E-state index in [1.54, 1.807) is 0 Å². The molecule has 1 aromatic carbocycles. The molecule has 0 aliphatic heterocycles. The van der Waals surface area contributed by atoms with Gasteiger partial charge in [-0.2, -0.15) is 13.2 Å². The molecule has 0 unspecified atom stereocenters. The minimum atomic E-state index is -4.61. The lowest BCUT2D eigenvalue weighted by Gasteiger charge is -2.15. The summed E-state index contributed by atoms with van der Waals surface area (Å²) in [6, 6.07) is 1.84. The maximum atomic E-state index is 12.6. The second-order valence-corrected chi connectivity index (χ2v) is 3.16. The number of ether oxygens (including phenoxy) is 1. The van der Waals surface area contributed by atoms with Crippen molar-refractivity contribution in [1.82, 2.24) is 0 Å². The maximum absolute atomic E-state index is 12.6.